The van der Waals surface area contributed by atoms with E-state index in [1.54, 1.807) is 17.7 Å². The van der Waals surface area contributed by atoms with E-state index in [4.69, 9.17) is 16.3 Å². The number of nitrogens with zero attached hydrogens (tertiary/aromatic N) is 2. The topological polar surface area (TPSA) is 56.2 Å². The van der Waals surface area contributed by atoms with Crippen LogP contribution in [-0.4, -0.2) is 28.9 Å². The largest absolute Gasteiger partial charge is 0.381 e. The first kappa shape index (κ1) is 21.1. The van der Waals surface area contributed by atoms with Crippen molar-refractivity contribution in [2.45, 2.75) is 19.9 Å². The third-order valence-electron chi connectivity index (χ3n) is 5.12. The molecule has 0 aliphatic carbocycles. The second-order valence-electron chi connectivity index (χ2n) is 7.47. The average Bonchev–Trinajstić information content (AvgIpc) is 3.40. The highest BCUT2D eigenvalue weighted by atomic mass is 35.5. The van der Waals surface area contributed by atoms with Crippen molar-refractivity contribution in [2.24, 2.45) is 5.92 Å². The number of aromatic nitrogens is 2. The average molecular weight is 438 g/mol. The van der Waals surface area contributed by atoms with E-state index in [2.05, 4.69) is 22.3 Å². The normalized spacial score (nSPS) is 15.4. The Balaban J connectivity index is 1.54. The number of rotatable bonds is 4. The maximum Gasteiger partial charge on any atom is 0.275 e. The van der Waals surface area contributed by atoms with Crippen LogP contribution in [0.4, 0.5) is 10.1 Å². The van der Waals surface area contributed by atoms with Crippen LogP contribution in [0.5, 0.6) is 0 Å². The van der Waals surface area contributed by atoms with Crippen molar-refractivity contribution >= 4 is 23.2 Å². The molecule has 2 aromatic carbocycles. The van der Waals surface area contributed by atoms with Crippen molar-refractivity contribution in [1.29, 1.82) is 0 Å². The van der Waals surface area contributed by atoms with E-state index >= 15 is 0 Å². The van der Waals surface area contributed by atoms with E-state index in [0.29, 0.717) is 30.9 Å². The Bertz CT molecular complexity index is 1140. The summed E-state index contributed by atoms with van der Waals surface area (Å²) in [5.41, 5.74) is 2.25. The number of halogens is 2. The van der Waals surface area contributed by atoms with Crippen LogP contribution < -0.4 is 5.32 Å². The highest BCUT2D eigenvalue weighted by molar-refractivity contribution is 6.34. The molecule has 1 atom stereocenters. The number of benzene rings is 2. The minimum Gasteiger partial charge on any atom is -0.381 e. The lowest BCUT2D eigenvalue weighted by molar-refractivity contribution is 0.101. The van der Waals surface area contributed by atoms with Gasteiger partial charge in [0.05, 0.1) is 23.5 Å². The first-order valence-corrected chi connectivity index (χ1v) is 10.4. The number of anilines is 1. The fraction of sp³-hybridized carbons (Fsp3) is 0.250. The van der Waals surface area contributed by atoms with Gasteiger partial charge in [-0.15, -0.1) is 0 Å². The minimum absolute atomic E-state index is 0.100. The second-order valence-corrected chi connectivity index (χ2v) is 7.88. The van der Waals surface area contributed by atoms with Gasteiger partial charge in [-0.1, -0.05) is 41.6 Å². The smallest absolute Gasteiger partial charge is 0.275 e. The molecule has 1 amide bonds. The predicted molar refractivity (Wildman–Crippen MR) is 118 cm³/mol. The van der Waals surface area contributed by atoms with Crippen LogP contribution in [0.2, 0.25) is 5.02 Å². The first-order chi connectivity index (χ1) is 15.0. The number of nitrogens with one attached hydrogen (secondary N) is 1. The molecule has 0 spiro atoms. The predicted octanol–water partition coefficient (Wildman–Crippen LogP) is 4.67. The zero-order chi connectivity index (χ0) is 21.8. The number of hydrogen-bond acceptors (Lipinski definition) is 3. The molecule has 0 bridgehead atoms. The molecular formula is C24H21ClFN3O2. The summed E-state index contributed by atoms with van der Waals surface area (Å²) < 4.78 is 21.8. The maximum atomic E-state index is 14.8. The van der Waals surface area contributed by atoms with Gasteiger partial charge in [-0.05, 0) is 43.2 Å². The number of amides is 1. The van der Waals surface area contributed by atoms with Crippen molar-refractivity contribution in [2.75, 3.05) is 18.5 Å². The van der Waals surface area contributed by atoms with E-state index in [1.165, 1.54) is 12.3 Å². The third kappa shape index (κ3) is 4.96. The monoisotopic (exact) mass is 437 g/mol. The Morgan fingerprint density at radius 1 is 1.29 bits per heavy atom. The van der Waals surface area contributed by atoms with E-state index < -0.39 is 11.7 Å². The maximum absolute atomic E-state index is 14.8. The van der Waals surface area contributed by atoms with Gasteiger partial charge >= 0.3 is 0 Å². The lowest BCUT2D eigenvalue weighted by Crippen LogP contribution is -2.22. The summed E-state index contributed by atoms with van der Waals surface area (Å²) in [6, 6.07) is 12.5. The number of carbonyl (C=O) groups excluding carboxylic acids is 1. The molecule has 0 saturated carbocycles. The molecule has 2 heterocycles. The molecule has 0 unspecified atom stereocenters. The van der Waals surface area contributed by atoms with E-state index in [-0.39, 0.29) is 22.3 Å². The SMILES string of the molecule is Cc1cc(C#Cc2ccccc2)cc(F)c1NC(=O)c1c(Cl)cnn1C[C@@H]1CCOC1. The van der Waals surface area contributed by atoms with E-state index in [9.17, 15) is 9.18 Å². The standard InChI is InChI=1S/C24H21ClFN3O2/c1-16-11-18(8-7-17-5-3-2-4-6-17)12-21(26)22(16)28-24(30)23-20(25)13-27-29(23)14-19-9-10-31-15-19/h2-6,11-13,19H,9-10,14-15H2,1H3,(H,28,30)/t19-/m0/s1. The highest BCUT2D eigenvalue weighted by Gasteiger charge is 2.23. The molecule has 1 aromatic heterocycles. The minimum atomic E-state index is -0.558. The number of hydrogen-bond donors (Lipinski definition) is 1. The van der Waals surface area contributed by atoms with Crippen molar-refractivity contribution < 1.29 is 13.9 Å². The summed E-state index contributed by atoms with van der Waals surface area (Å²) in [4.78, 5) is 12.9. The molecule has 4 rings (SSSR count). The van der Waals surface area contributed by atoms with E-state index in [0.717, 1.165) is 12.0 Å². The zero-order valence-corrected chi connectivity index (χ0v) is 17.7. The molecule has 1 saturated heterocycles. The molecule has 1 aliphatic rings. The van der Waals surface area contributed by atoms with Crippen molar-refractivity contribution in [1.82, 2.24) is 9.78 Å². The molecule has 31 heavy (non-hydrogen) atoms. The number of carbonyl (C=O) groups is 1. The Kier molecular flexibility index (Phi) is 6.36. The Hall–Kier alpha value is -3.14. The first-order valence-electron chi connectivity index (χ1n) is 9.99. The van der Waals surface area contributed by atoms with Crippen LogP contribution in [0.3, 0.4) is 0 Å². The van der Waals surface area contributed by atoms with Gasteiger partial charge in [-0.2, -0.15) is 5.10 Å². The molecule has 1 N–H and O–H groups in total. The van der Waals surface area contributed by atoms with E-state index in [1.807, 2.05) is 30.3 Å². The second kappa shape index (κ2) is 9.34. The summed E-state index contributed by atoms with van der Waals surface area (Å²) in [6.07, 6.45) is 2.33. The van der Waals surface area contributed by atoms with Gasteiger partial charge in [-0.3, -0.25) is 9.48 Å². The molecule has 7 heteroatoms. The van der Waals surface area contributed by atoms with Crippen LogP contribution in [0.25, 0.3) is 0 Å². The third-order valence-corrected chi connectivity index (χ3v) is 5.39. The van der Waals surface area contributed by atoms with Gasteiger partial charge in [0, 0.05) is 30.2 Å². The fourth-order valence-corrected chi connectivity index (χ4v) is 3.74. The van der Waals surface area contributed by atoms with Gasteiger partial charge in [0.25, 0.3) is 5.91 Å². The molecule has 3 aromatic rings. The van der Waals surface area contributed by atoms with Gasteiger partial charge in [0.2, 0.25) is 0 Å². The van der Waals surface area contributed by atoms with Gasteiger partial charge in [0.15, 0.2) is 0 Å². The molecular weight excluding hydrogens is 417 g/mol. The molecule has 5 nitrogen and oxygen atoms in total. The molecule has 0 radical (unpaired) electrons. The Labute approximate surface area is 185 Å². The molecule has 1 aliphatic heterocycles. The van der Waals surface area contributed by atoms with Gasteiger partial charge < -0.3 is 10.1 Å². The Morgan fingerprint density at radius 3 is 2.77 bits per heavy atom. The highest BCUT2D eigenvalue weighted by Crippen LogP contribution is 2.25. The lowest BCUT2D eigenvalue weighted by Gasteiger charge is -2.14. The van der Waals surface area contributed by atoms with Crippen molar-refractivity contribution in [3.63, 3.8) is 0 Å². The summed E-state index contributed by atoms with van der Waals surface area (Å²) in [5.74, 6) is 5.16. The lowest BCUT2D eigenvalue weighted by atomic mass is 10.1. The summed E-state index contributed by atoms with van der Waals surface area (Å²) in [6.45, 7) is 3.56. The summed E-state index contributed by atoms with van der Waals surface area (Å²) in [5, 5.41) is 7.08. The summed E-state index contributed by atoms with van der Waals surface area (Å²) in [7, 11) is 0. The van der Waals surface area contributed by atoms with Crippen LogP contribution >= 0.6 is 11.6 Å². The number of ether oxygens (including phenoxy) is 1. The molecule has 158 valence electrons. The Morgan fingerprint density at radius 2 is 2.06 bits per heavy atom. The summed E-state index contributed by atoms with van der Waals surface area (Å²) >= 11 is 6.21. The van der Waals surface area contributed by atoms with Crippen LogP contribution in [0, 0.1) is 30.5 Å². The van der Waals surface area contributed by atoms with Crippen molar-refractivity contribution in [3.8, 4) is 11.8 Å². The van der Waals surface area contributed by atoms with Gasteiger partial charge in [0.1, 0.15) is 11.5 Å². The fourth-order valence-electron chi connectivity index (χ4n) is 3.51. The van der Waals surface area contributed by atoms with Crippen molar-refractivity contribution in [3.05, 3.63) is 81.9 Å². The van der Waals surface area contributed by atoms with Gasteiger partial charge in [-0.25, -0.2) is 4.39 Å². The quantitative estimate of drug-likeness (QED) is 0.603. The number of aryl methyl sites for hydroxylation is 1. The molecule has 1 fully saturated rings. The van der Waals surface area contributed by atoms with Crippen LogP contribution in [0.1, 0.15) is 33.6 Å². The van der Waals surface area contributed by atoms with Crippen LogP contribution in [0.15, 0.2) is 48.7 Å². The zero-order valence-electron chi connectivity index (χ0n) is 17.0. The van der Waals surface area contributed by atoms with Crippen LogP contribution in [-0.2, 0) is 11.3 Å².